The van der Waals surface area contributed by atoms with Gasteiger partial charge in [0.2, 0.25) is 0 Å². The second kappa shape index (κ2) is 9.02. The van der Waals surface area contributed by atoms with Crippen LogP contribution in [0.25, 0.3) is 34.0 Å². The Bertz CT molecular complexity index is 1330. The van der Waals surface area contributed by atoms with Gasteiger partial charge in [-0.2, -0.15) is 0 Å². The number of aromatic nitrogens is 5. The van der Waals surface area contributed by atoms with E-state index in [1.54, 1.807) is 18.3 Å². The highest BCUT2D eigenvalue weighted by Gasteiger charge is 2.39. The van der Waals surface area contributed by atoms with Crippen molar-refractivity contribution < 1.29 is 18.7 Å². The average molecular weight is 485 g/mol. The average Bonchev–Trinajstić information content (AvgIpc) is 3.52. The van der Waals surface area contributed by atoms with Gasteiger partial charge in [0.05, 0.1) is 23.9 Å². The van der Waals surface area contributed by atoms with E-state index in [4.69, 9.17) is 26.9 Å². The van der Waals surface area contributed by atoms with Crippen molar-refractivity contribution in [3.8, 4) is 22.8 Å². The molecule has 3 aliphatic carbocycles. The monoisotopic (exact) mass is 484 g/mol. The maximum absolute atomic E-state index is 14.2. The van der Waals surface area contributed by atoms with Gasteiger partial charge < -0.3 is 20.2 Å². The molecule has 0 aliphatic heterocycles. The van der Waals surface area contributed by atoms with Gasteiger partial charge in [-0.25, -0.2) is 24.3 Å². The standard InChI is InChI=1S/C14H8ClFN6O.C9H14O2/c15-8-5-19-14-10(20-8)6(4-18-14)13-21-11(7-2-1-3-23-7)9(16)12(17)22-13;10-9(11)8-5-6-1-3-7(8)4-2-6/h1-5H,(H,18,19)(H2,17,21,22);6-8H,1-5H2,(H,10,11). The zero-order chi connectivity index (χ0) is 23.8. The predicted octanol–water partition coefficient (Wildman–Crippen LogP) is 4.95. The SMILES string of the molecule is Nc1nc(-c2c[nH]c3ncc(Cl)nc23)nc(-c2ccco2)c1F.O=C(O)C1CC2CCC1CC2. The number of aromatic amines is 1. The van der Waals surface area contributed by atoms with Gasteiger partial charge in [0, 0.05) is 6.20 Å². The van der Waals surface area contributed by atoms with E-state index in [1.165, 1.54) is 38.1 Å². The molecule has 4 N–H and O–H groups in total. The van der Waals surface area contributed by atoms with Gasteiger partial charge in [-0.15, -0.1) is 0 Å². The molecule has 7 rings (SSSR count). The van der Waals surface area contributed by atoms with Crippen LogP contribution in [-0.4, -0.2) is 36.0 Å². The minimum atomic E-state index is -0.743. The summed E-state index contributed by atoms with van der Waals surface area (Å²) in [5.41, 5.74) is 7.13. The number of halogens is 2. The molecule has 4 aromatic rings. The fraction of sp³-hybridized carbons (Fsp3) is 0.348. The highest BCUT2D eigenvalue weighted by molar-refractivity contribution is 6.29. The third kappa shape index (κ3) is 4.21. The first-order valence-corrected chi connectivity index (χ1v) is 11.4. The van der Waals surface area contributed by atoms with E-state index < -0.39 is 11.8 Å². The molecule has 4 aromatic heterocycles. The number of hydrogen-bond donors (Lipinski definition) is 3. The fourth-order valence-electron chi connectivity index (χ4n) is 4.88. The Labute approximate surface area is 198 Å². The van der Waals surface area contributed by atoms with E-state index in [0.717, 1.165) is 12.3 Å². The van der Waals surface area contributed by atoms with Crippen LogP contribution in [0.5, 0.6) is 0 Å². The third-order valence-electron chi connectivity index (χ3n) is 6.59. The lowest BCUT2D eigenvalue weighted by atomic mass is 9.65. The van der Waals surface area contributed by atoms with Crippen LogP contribution >= 0.6 is 11.6 Å². The lowest BCUT2D eigenvalue weighted by molar-refractivity contribution is -0.147. The molecule has 4 heterocycles. The second-order valence-electron chi connectivity index (χ2n) is 8.63. The number of carbonyl (C=O) groups is 1. The zero-order valence-corrected chi connectivity index (χ0v) is 18.8. The Morgan fingerprint density at radius 2 is 2.03 bits per heavy atom. The number of H-pyrrole nitrogens is 1. The molecule has 0 aromatic carbocycles. The number of fused-ring (bicyclic) bond motifs is 4. The van der Waals surface area contributed by atoms with Gasteiger partial charge in [0.1, 0.15) is 16.4 Å². The lowest BCUT2D eigenvalue weighted by Crippen LogP contribution is -2.35. The van der Waals surface area contributed by atoms with Crippen molar-refractivity contribution in [2.45, 2.75) is 32.1 Å². The molecule has 34 heavy (non-hydrogen) atoms. The van der Waals surface area contributed by atoms with Gasteiger partial charge in [0.15, 0.2) is 28.9 Å². The lowest BCUT2D eigenvalue weighted by Gasteiger charge is -2.40. The van der Waals surface area contributed by atoms with E-state index in [0.29, 0.717) is 22.6 Å². The van der Waals surface area contributed by atoms with Gasteiger partial charge >= 0.3 is 5.97 Å². The highest BCUT2D eigenvalue weighted by atomic mass is 35.5. The van der Waals surface area contributed by atoms with Crippen LogP contribution in [0.3, 0.4) is 0 Å². The Balaban J connectivity index is 0.000000183. The van der Waals surface area contributed by atoms with E-state index in [9.17, 15) is 9.18 Å². The molecule has 3 aliphatic rings. The highest BCUT2D eigenvalue weighted by Crippen LogP contribution is 2.44. The van der Waals surface area contributed by atoms with E-state index in [-0.39, 0.29) is 34.2 Å². The van der Waals surface area contributed by atoms with Gasteiger partial charge in [-0.05, 0) is 43.2 Å². The number of hydrogen-bond acceptors (Lipinski definition) is 7. The number of furan rings is 1. The van der Waals surface area contributed by atoms with Crippen LogP contribution in [0.2, 0.25) is 5.15 Å². The van der Waals surface area contributed by atoms with Gasteiger partial charge in [-0.1, -0.05) is 24.4 Å². The number of nitrogens with one attached hydrogen (secondary N) is 1. The molecule has 1 unspecified atom stereocenters. The number of nitrogens with two attached hydrogens (primary N) is 1. The molecule has 11 heteroatoms. The Hall–Kier alpha value is -3.53. The molecule has 2 bridgehead atoms. The molecule has 3 saturated carbocycles. The topological polar surface area (TPSA) is 144 Å². The Morgan fingerprint density at radius 3 is 2.65 bits per heavy atom. The predicted molar refractivity (Wildman–Crippen MR) is 123 cm³/mol. The first kappa shape index (κ1) is 22.3. The van der Waals surface area contributed by atoms with E-state index in [1.807, 2.05) is 0 Å². The summed E-state index contributed by atoms with van der Waals surface area (Å²) < 4.78 is 19.4. The second-order valence-corrected chi connectivity index (χ2v) is 9.01. The van der Waals surface area contributed by atoms with Crippen molar-refractivity contribution >= 4 is 34.6 Å². The number of carboxylic acids is 1. The van der Waals surface area contributed by atoms with Crippen molar-refractivity contribution in [2.24, 2.45) is 17.8 Å². The molecule has 176 valence electrons. The summed E-state index contributed by atoms with van der Waals surface area (Å²) in [7, 11) is 0. The summed E-state index contributed by atoms with van der Waals surface area (Å²) in [6.45, 7) is 0. The van der Waals surface area contributed by atoms with Crippen LogP contribution < -0.4 is 5.73 Å². The minimum absolute atomic E-state index is 0.00231. The Kier molecular flexibility index (Phi) is 5.91. The zero-order valence-electron chi connectivity index (χ0n) is 18.0. The maximum Gasteiger partial charge on any atom is 0.306 e. The van der Waals surface area contributed by atoms with Crippen molar-refractivity contribution in [3.63, 3.8) is 0 Å². The number of rotatable bonds is 3. The number of anilines is 1. The molecule has 0 saturated heterocycles. The molecule has 3 fully saturated rings. The molecule has 0 amide bonds. The molecular weight excluding hydrogens is 463 g/mol. The number of nitrogen functional groups attached to an aromatic ring is 1. The summed E-state index contributed by atoms with van der Waals surface area (Å²) in [5, 5.41) is 9.08. The number of nitrogens with zero attached hydrogens (tertiary/aromatic N) is 4. The largest absolute Gasteiger partial charge is 0.481 e. The number of aliphatic carboxylic acids is 1. The molecular formula is C23H22ClFN6O3. The summed E-state index contributed by atoms with van der Waals surface area (Å²) in [5.74, 6) is 0.110. The smallest absolute Gasteiger partial charge is 0.306 e. The van der Waals surface area contributed by atoms with Gasteiger partial charge in [-0.3, -0.25) is 4.79 Å². The van der Waals surface area contributed by atoms with Crippen molar-refractivity contribution in [3.05, 3.63) is 41.8 Å². The van der Waals surface area contributed by atoms with Crippen LogP contribution in [0.4, 0.5) is 10.2 Å². The van der Waals surface area contributed by atoms with Gasteiger partial charge in [0.25, 0.3) is 0 Å². The minimum Gasteiger partial charge on any atom is -0.481 e. The first-order chi connectivity index (χ1) is 16.4. The third-order valence-corrected chi connectivity index (χ3v) is 6.77. The van der Waals surface area contributed by atoms with Crippen molar-refractivity contribution in [2.75, 3.05) is 5.73 Å². The summed E-state index contributed by atoms with van der Waals surface area (Å²) in [6.07, 6.45) is 10.3. The van der Waals surface area contributed by atoms with E-state index >= 15 is 0 Å². The van der Waals surface area contributed by atoms with Crippen LogP contribution in [-0.2, 0) is 4.79 Å². The molecule has 1 atom stereocenters. The normalized spacial score (nSPS) is 21.3. The first-order valence-electron chi connectivity index (χ1n) is 11.0. The summed E-state index contributed by atoms with van der Waals surface area (Å²) in [6, 6.07) is 3.21. The van der Waals surface area contributed by atoms with Crippen LogP contribution in [0.15, 0.2) is 35.2 Å². The summed E-state index contributed by atoms with van der Waals surface area (Å²) in [4.78, 5) is 30.2. The van der Waals surface area contributed by atoms with E-state index in [2.05, 4.69) is 24.9 Å². The molecule has 9 nitrogen and oxygen atoms in total. The van der Waals surface area contributed by atoms with Crippen molar-refractivity contribution in [1.29, 1.82) is 0 Å². The maximum atomic E-state index is 14.2. The van der Waals surface area contributed by atoms with Crippen LogP contribution in [0.1, 0.15) is 32.1 Å². The fourth-order valence-corrected chi connectivity index (χ4v) is 5.02. The Morgan fingerprint density at radius 1 is 1.24 bits per heavy atom. The summed E-state index contributed by atoms with van der Waals surface area (Å²) >= 11 is 5.88. The quantitative estimate of drug-likeness (QED) is 0.370. The number of carboxylic acid groups (broad SMARTS) is 1. The van der Waals surface area contributed by atoms with Crippen molar-refractivity contribution in [1.82, 2.24) is 24.9 Å². The molecule has 0 spiro atoms. The molecule has 0 radical (unpaired) electrons. The van der Waals surface area contributed by atoms with Crippen LogP contribution in [0, 0.1) is 23.6 Å².